The van der Waals surface area contributed by atoms with E-state index in [-0.39, 0.29) is 5.91 Å². The molecule has 1 amide bonds. The number of ether oxygens (including phenoxy) is 2. The Hall–Kier alpha value is -2.83. The van der Waals surface area contributed by atoms with Crippen molar-refractivity contribution in [1.82, 2.24) is 15.2 Å². The summed E-state index contributed by atoms with van der Waals surface area (Å²) < 4.78 is 11.3. The van der Waals surface area contributed by atoms with Crippen LogP contribution >= 0.6 is 0 Å². The Bertz CT molecular complexity index is 979. The topological polar surface area (TPSA) is 66.6 Å². The summed E-state index contributed by atoms with van der Waals surface area (Å²) >= 11 is 0. The number of aryl methyl sites for hydroxylation is 1. The number of hydrogen-bond donors (Lipinski definition) is 2. The van der Waals surface area contributed by atoms with Crippen molar-refractivity contribution < 1.29 is 14.3 Å². The highest BCUT2D eigenvalue weighted by atomic mass is 16.5. The Kier molecular flexibility index (Phi) is 7.58. The second kappa shape index (κ2) is 11.0. The number of benzene rings is 2. The van der Waals surface area contributed by atoms with Crippen molar-refractivity contribution in [3.63, 3.8) is 0 Å². The number of amides is 1. The van der Waals surface area contributed by atoms with E-state index in [1.165, 1.54) is 10.9 Å². The SMILES string of the molecule is O=C(CCCc1c[nH]c2ccccc12)NCc1cccc(OCCN2CCOCC2)c1. The standard InChI is InChI=1S/C25H31N3O3/c29-25(10-4-6-21-19-26-24-9-2-1-8-23(21)24)27-18-20-5-3-7-22(17-20)31-16-13-28-11-14-30-15-12-28/h1-3,5,7-9,17,19,26H,4,6,10-16,18H2,(H,27,29). The van der Waals surface area contributed by atoms with E-state index in [1.807, 2.05) is 42.6 Å². The molecule has 0 bridgehead atoms. The summed E-state index contributed by atoms with van der Waals surface area (Å²) in [5.74, 6) is 0.929. The molecule has 6 nitrogen and oxygen atoms in total. The van der Waals surface area contributed by atoms with E-state index in [0.29, 0.717) is 19.6 Å². The van der Waals surface area contributed by atoms with Gasteiger partial charge >= 0.3 is 0 Å². The number of nitrogens with zero attached hydrogens (tertiary/aromatic N) is 1. The molecule has 1 aliphatic heterocycles. The molecule has 0 radical (unpaired) electrons. The minimum Gasteiger partial charge on any atom is -0.492 e. The molecule has 2 N–H and O–H groups in total. The Morgan fingerprint density at radius 2 is 2.00 bits per heavy atom. The van der Waals surface area contributed by atoms with Gasteiger partial charge in [0.05, 0.1) is 13.2 Å². The molecule has 3 aromatic rings. The number of H-pyrrole nitrogens is 1. The summed E-state index contributed by atoms with van der Waals surface area (Å²) in [5, 5.41) is 4.27. The molecule has 2 aromatic carbocycles. The highest BCUT2D eigenvalue weighted by molar-refractivity contribution is 5.83. The third-order valence-corrected chi connectivity index (χ3v) is 5.69. The van der Waals surface area contributed by atoms with Crippen LogP contribution in [0.1, 0.15) is 24.0 Å². The van der Waals surface area contributed by atoms with Crippen LogP contribution in [0.25, 0.3) is 10.9 Å². The quantitative estimate of drug-likeness (QED) is 0.526. The first kappa shape index (κ1) is 21.4. The molecule has 1 aliphatic rings. The van der Waals surface area contributed by atoms with Crippen molar-refractivity contribution in [1.29, 1.82) is 0 Å². The molecule has 0 atom stereocenters. The first-order valence-corrected chi connectivity index (χ1v) is 11.1. The van der Waals surface area contributed by atoms with E-state index in [4.69, 9.17) is 9.47 Å². The van der Waals surface area contributed by atoms with Crippen LogP contribution in [0, 0.1) is 0 Å². The van der Waals surface area contributed by atoms with E-state index in [1.54, 1.807) is 0 Å². The monoisotopic (exact) mass is 421 g/mol. The van der Waals surface area contributed by atoms with Crippen LogP contribution in [0.4, 0.5) is 0 Å². The minimum atomic E-state index is 0.0819. The van der Waals surface area contributed by atoms with E-state index in [2.05, 4.69) is 27.3 Å². The zero-order valence-electron chi connectivity index (χ0n) is 17.9. The fourth-order valence-electron chi connectivity index (χ4n) is 3.93. The summed E-state index contributed by atoms with van der Waals surface area (Å²) in [5.41, 5.74) is 3.47. The number of carbonyl (C=O) groups excluding carboxylic acids is 1. The Morgan fingerprint density at radius 1 is 1.13 bits per heavy atom. The van der Waals surface area contributed by atoms with E-state index < -0.39 is 0 Å². The lowest BCUT2D eigenvalue weighted by molar-refractivity contribution is -0.121. The molecule has 31 heavy (non-hydrogen) atoms. The summed E-state index contributed by atoms with van der Waals surface area (Å²) in [4.78, 5) is 17.9. The number of fused-ring (bicyclic) bond motifs is 1. The number of morpholine rings is 1. The van der Waals surface area contributed by atoms with Gasteiger partial charge in [0, 0.05) is 49.7 Å². The molecule has 0 unspecified atom stereocenters. The molecule has 4 rings (SSSR count). The maximum atomic E-state index is 12.3. The lowest BCUT2D eigenvalue weighted by atomic mass is 10.1. The summed E-state index contributed by atoms with van der Waals surface area (Å²) in [6.45, 7) is 5.62. The van der Waals surface area contributed by atoms with Gasteiger partial charge in [0.25, 0.3) is 0 Å². The summed E-state index contributed by atoms with van der Waals surface area (Å²) in [6.07, 6.45) is 4.30. The highest BCUT2D eigenvalue weighted by Crippen LogP contribution is 2.19. The maximum absolute atomic E-state index is 12.3. The van der Waals surface area contributed by atoms with Crippen LogP contribution in [0.2, 0.25) is 0 Å². The third-order valence-electron chi connectivity index (χ3n) is 5.69. The molecule has 6 heteroatoms. The van der Waals surface area contributed by atoms with Crippen LogP contribution in [-0.2, 0) is 22.5 Å². The molecule has 0 spiro atoms. The van der Waals surface area contributed by atoms with Crippen molar-refractivity contribution in [2.75, 3.05) is 39.5 Å². The number of carbonyl (C=O) groups is 1. The highest BCUT2D eigenvalue weighted by Gasteiger charge is 2.10. The van der Waals surface area contributed by atoms with Crippen LogP contribution in [0.5, 0.6) is 5.75 Å². The average molecular weight is 422 g/mol. The number of aromatic amines is 1. The second-order valence-corrected chi connectivity index (χ2v) is 7.94. The van der Waals surface area contributed by atoms with Crippen molar-refractivity contribution in [2.24, 2.45) is 0 Å². The molecule has 0 aliphatic carbocycles. The Balaban J connectivity index is 1.16. The first-order chi connectivity index (χ1) is 15.3. The minimum absolute atomic E-state index is 0.0819. The first-order valence-electron chi connectivity index (χ1n) is 11.1. The molecular formula is C25H31N3O3. The van der Waals surface area contributed by atoms with Crippen molar-refractivity contribution in [2.45, 2.75) is 25.8 Å². The molecule has 1 aromatic heterocycles. The third kappa shape index (κ3) is 6.32. The van der Waals surface area contributed by atoms with Crippen LogP contribution in [0.3, 0.4) is 0 Å². The number of para-hydroxylation sites is 1. The van der Waals surface area contributed by atoms with Gasteiger partial charge in [-0.15, -0.1) is 0 Å². The largest absolute Gasteiger partial charge is 0.492 e. The van der Waals surface area contributed by atoms with Gasteiger partial charge in [-0.1, -0.05) is 30.3 Å². The van der Waals surface area contributed by atoms with Gasteiger partial charge in [-0.2, -0.15) is 0 Å². The molecule has 2 heterocycles. The van der Waals surface area contributed by atoms with E-state index in [9.17, 15) is 4.79 Å². The molecule has 164 valence electrons. The van der Waals surface area contributed by atoms with Crippen LogP contribution in [0.15, 0.2) is 54.7 Å². The number of rotatable bonds is 10. The molecule has 1 saturated heterocycles. The number of hydrogen-bond acceptors (Lipinski definition) is 4. The van der Waals surface area contributed by atoms with Crippen molar-refractivity contribution >= 4 is 16.8 Å². The molecule has 1 fully saturated rings. The zero-order valence-corrected chi connectivity index (χ0v) is 17.9. The average Bonchev–Trinajstić information content (AvgIpc) is 3.22. The summed E-state index contributed by atoms with van der Waals surface area (Å²) in [6, 6.07) is 16.2. The van der Waals surface area contributed by atoms with Gasteiger partial charge in [-0.25, -0.2) is 0 Å². The normalized spacial score (nSPS) is 14.6. The van der Waals surface area contributed by atoms with Gasteiger partial charge in [0.1, 0.15) is 12.4 Å². The van der Waals surface area contributed by atoms with Crippen molar-refractivity contribution in [3.8, 4) is 5.75 Å². The fourth-order valence-corrected chi connectivity index (χ4v) is 3.93. The van der Waals surface area contributed by atoms with Gasteiger partial charge in [0.15, 0.2) is 0 Å². The van der Waals surface area contributed by atoms with Crippen LogP contribution < -0.4 is 10.1 Å². The van der Waals surface area contributed by atoms with Gasteiger partial charge in [0.2, 0.25) is 5.91 Å². The summed E-state index contributed by atoms with van der Waals surface area (Å²) in [7, 11) is 0. The Morgan fingerprint density at radius 3 is 2.90 bits per heavy atom. The lowest BCUT2D eigenvalue weighted by Crippen LogP contribution is -2.38. The van der Waals surface area contributed by atoms with E-state index >= 15 is 0 Å². The number of nitrogens with one attached hydrogen (secondary N) is 2. The smallest absolute Gasteiger partial charge is 0.220 e. The fraction of sp³-hybridized carbons (Fsp3) is 0.400. The number of aromatic nitrogens is 1. The molecule has 0 saturated carbocycles. The van der Waals surface area contributed by atoms with Gasteiger partial charge in [-0.3, -0.25) is 9.69 Å². The predicted octanol–water partition coefficient (Wildman–Crippen LogP) is 3.52. The van der Waals surface area contributed by atoms with Crippen LogP contribution in [-0.4, -0.2) is 55.2 Å². The van der Waals surface area contributed by atoms with Gasteiger partial charge in [-0.05, 0) is 42.2 Å². The van der Waals surface area contributed by atoms with E-state index in [0.717, 1.165) is 62.5 Å². The maximum Gasteiger partial charge on any atom is 0.220 e. The lowest BCUT2D eigenvalue weighted by Gasteiger charge is -2.26. The van der Waals surface area contributed by atoms with Gasteiger partial charge < -0.3 is 19.8 Å². The molecular weight excluding hydrogens is 390 g/mol. The second-order valence-electron chi connectivity index (χ2n) is 7.94. The van der Waals surface area contributed by atoms with Crippen molar-refractivity contribution in [3.05, 3.63) is 65.9 Å². The predicted molar refractivity (Wildman–Crippen MR) is 122 cm³/mol. The zero-order chi connectivity index (χ0) is 21.3. The Labute approximate surface area is 183 Å².